The van der Waals surface area contributed by atoms with Crippen molar-refractivity contribution >= 4 is 68.8 Å². The van der Waals surface area contributed by atoms with Gasteiger partial charge in [-0.15, -0.1) is 24.8 Å². The zero-order chi connectivity index (χ0) is 18.7. The van der Waals surface area contributed by atoms with Crippen LogP contribution in [-0.2, 0) is 10.0 Å². The molecule has 0 saturated carbocycles. The van der Waals surface area contributed by atoms with E-state index in [4.69, 9.17) is 4.74 Å². The highest BCUT2D eigenvalue weighted by Crippen LogP contribution is 2.32. The smallest absolute Gasteiger partial charge is 0.261 e. The van der Waals surface area contributed by atoms with E-state index < -0.39 is 10.0 Å². The Labute approximate surface area is 192 Å². The number of nitrogens with zero attached hydrogens (tertiary/aromatic N) is 2. The Morgan fingerprint density at radius 2 is 1.61 bits per heavy atom. The first-order chi connectivity index (χ1) is 12.4. The SMILES string of the molecule is COc1ccc(NS(=O)(=O)c2ccc(I)cc2)cc1N1CCN(C)CC1.Cl.Cl. The number of hydrogen-bond acceptors (Lipinski definition) is 5. The van der Waals surface area contributed by atoms with Crippen molar-refractivity contribution in [1.82, 2.24) is 4.90 Å². The quantitative estimate of drug-likeness (QED) is 0.566. The van der Waals surface area contributed by atoms with Crippen LogP contribution in [0.3, 0.4) is 0 Å². The van der Waals surface area contributed by atoms with E-state index in [1.807, 2.05) is 6.07 Å². The summed E-state index contributed by atoms with van der Waals surface area (Å²) in [6.45, 7) is 3.67. The highest BCUT2D eigenvalue weighted by atomic mass is 127. The van der Waals surface area contributed by atoms with Crippen molar-refractivity contribution in [3.05, 3.63) is 46.0 Å². The predicted octanol–water partition coefficient (Wildman–Crippen LogP) is 3.70. The number of sulfonamides is 1. The maximum Gasteiger partial charge on any atom is 0.261 e. The fourth-order valence-corrected chi connectivity index (χ4v) is 4.28. The van der Waals surface area contributed by atoms with E-state index in [0.29, 0.717) is 5.69 Å². The van der Waals surface area contributed by atoms with Crippen molar-refractivity contribution in [2.75, 3.05) is 50.0 Å². The minimum Gasteiger partial charge on any atom is -0.495 e. The van der Waals surface area contributed by atoms with E-state index in [0.717, 1.165) is 41.2 Å². The molecule has 6 nitrogen and oxygen atoms in total. The van der Waals surface area contributed by atoms with Crippen LogP contribution in [0.1, 0.15) is 0 Å². The van der Waals surface area contributed by atoms with Gasteiger partial charge in [0.25, 0.3) is 10.0 Å². The molecule has 0 unspecified atom stereocenters. The van der Waals surface area contributed by atoms with E-state index in [9.17, 15) is 8.42 Å². The van der Waals surface area contributed by atoms with E-state index in [1.165, 1.54) is 0 Å². The molecule has 156 valence electrons. The molecule has 0 amide bonds. The van der Waals surface area contributed by atoms with Gasteiger partial charge in [0.05, 0.1) is 23.4 Å². The summed E-state index contributed by atoms with van der Waals surface area (Å²) < 4.78 is 34.4. The normalized spacial score (nSPS) is 14.6. The van der Waals surface area contributed by atoms with Gasteiger partial charge in [-0.2, -0.15) is 0 Å². The van der Waals surface area contributed by atoms with E-state index >= 15 is 0 Å². The van der Waals surface area contributed by atoms with E-state index in [2.05, 4.69) is 44.2 Å². The van der Waals surface area contributed by atoms with Crippen molar-refractivity contribution in [3.8, 4) is 5.75 Å². The third-order valence-electron chi connectivity index (χ3n) is 4.40. The van der Waals surface area contributed by atoms with Crippen molar-refractivity contribution in [3.63, 3.8) is 0 Å². The van der Waals surface area contributed by atoms with Gasteiger partial charge < -0.3 is 14.5 Å². The molecule has 0 aromatic heterocycles. The van der Waals surface area contributed by atoms with Gasteiger partial charge in [0.1, 0.15) is 5.75 Å². The Morgan fingerprint density at radius 1 is 1.00 bits per heavy atom. The van der Waals surface area contributed by atoms with Crippen LogP contribution in [0.2, 0.25) is 0 Å². The van der Waals surface area contributed by atoms with Crippen LogP contribution < -0.4 is 14.4 Å². The second-order valence-electron chi connectivity index (χ2n) is 6.24. The minimum atomic E-state index is -3.63. The van der Waals surface area contributed by atoms with Crippen molar-refractivity contribution in [1.29, 1.82) is 0 Å². The number of rotatable bonds is 5. The van der Waals surface area contributed by atoms with Crippen LogP contribution in [0.4, 0.5) is 11.4 Å². The van der Waals surface area contributed by atoms with Gasteiger partial charge in [0.15, 0.2) is 0 Å². The molecule has 0 radical (unpaired) electrons. The van der Waals surface area contributed by atoms with Gasteiger partial charge >= 0.3 is 0 Å². The number of likely N-dealkylation sites (N-methyl/N-ethyl adjacent to an activating group) is 1. The van der Waals surface area contributed by atoms with Gasteiger partial charge in [-0.1, -0.05) is 0 Å². The highest BCUT2D eigenvalue weighted by molar-refractivity contribution is 14.1. The molecule has 0 aliphatic carbocycles. The number of anilines is 2. The second kappa shape index (κ2) is 10.7. The summed E-state index contributed by atoms with van der Waals surface area (Å²) in [4.78, 5) is 4.74. The monoisotopic (exact) mass is 559 g/mol. The first kappa shape index (κ1) is 25.1. The summed E-state index contributed by atoms with van der Waals surface area (Å²) >= 11 is 2.15. The zero-order valence-corrected chi connectivity index (χ0v) is 20.2. The zero-order valence-electron chi connectivity index (χ0n) is 15.6. The Hall–Kier alpha value is -0.940. The average Bonchev–Trinajstić information content (AvgIpc) is 2.62. The second-order valence-corrected chi connectivity index (χ2v) is 9.16. The molecule has 0 bridgehead atoms. The first-order valence-corrected chi connectivity index (χ1v) is 10.8. The molecular formula is C18H24Cl2IN3O3S. The number of nitrogens with one attached hydrogen (secondary N) is 1. The number of piperazine rings is 1. The molecule has 0 atom stereocenters. The van der Waals surface area contributed by atoms with Gasteiger partial charge in [-0.25, -0.2) is 8.42 Å². The van der Waals surface area contributed by atoms with Crippen LogP contribution in [-0.4, -0.2) is 53.7 Å². The number of benzene rings is 2. The van der Waals surface area contributed by atoms with E-state index in [1.54, 1.807) is 43.5 Å². The van der Waals surface area contributed by atoms with Gasteiger partial charge in [-0.05, 0) is 72.1 Å². The maximum atomic E-state index is 12.6. The summed E-state index contributed by atoms with van der Waals surface area (Å²) in [6.07, 6.45) is 0. The molecule has 2 aromatic rings. The molecule has 1 heterocycles. The highest BCUT2D eigenvalue weighted by Gasteiger charge is 2.20. The first-order valence-electron chi connectivity index (χ1n) is 8.29. The predicted molar refractivity (Wildman–Crippen MR) is 127 cm³/mol. The fraction of sp³-hybridized carbons (Fsp3) is 0.333. The summed E-state index contributed by atoms with van der Waals surface area (Å²) in [5.41, 5.74) is 1.43. The Bertz CT molecular complexity index is 874. The lowest BCUT2D eigenvalue weighted by atomic mass is 10.2. The molecule has 0 spiro atoms. The topological polar surface area (TPSA) is 61.9 Å². The van der Waals surface area contributed by atoms with Gasteiger partial charge in [0.2, 0.25) is 0 Å². The molecule has 1 N–H and O–H groups in total. The van der Waals surface area contributed by atoms with Crippen molar-refractivity contribution in [2.24, 2.45) is 0 Å². The Morgan fingerprint density at radius 3 is 2.18 bits per heavy atom. The lowest BCUT2D eigenvalue weighted by Crippen LogP contribution is -2.44. The number of halogens is 3. The molecule has 10 heteroatoms. The van der Waals surface area contributed by atoms with Gasteiger partial charge in [0, 0.05) is 29.7 Å². The summed E-state index contributed by atoms with van der Waals surface area (Å²) in [6, 6.07) is 12.1. The molecule has 1 aliphatic rings. The third-order valence-corrected chi connectivity index (χ3v) is 6.52. The number of ether oxygens (including phenoxy) is 1. The lowest BCUT2D eigenvalue weighted by molar-refractivity contribution is 0.311. The van der Waals surface area contributed by atoms with Crippen LogP contribution in [0.25, 0.3) is 0 Å². The van der Waals surface area contributed by atoms with Crippen LogP contribution >= 0.6 is 47.4 Å². The van der Waals surface area contributed by atoms with Crippen LogP contribution in [0.5, 0.6) is 5.75 Å². The van der Waals surface area contributed by atoms with Gasteiger partial charge in [-0.3, -0.25) is 4.72 Å². The average molecular weight is 560 g/mol. The van der Waals surface area contributed by atoms with Crippen LogP contribution in [0.15, 0.2) is 47.4 Å². The van der Waals surface area contributed by atoms with Crippen molar-refractivity contribution in [2.45, 2.75) is 4.90 Å². The van der Waals surface area contributed by atoms with Crippen LogP contribution in [0, 0.1) is 3.57 Å². The fourth-order valence-electron chi connectivity index (χ4n) is 2.88. The molecular weight excluding hydrogens is 536 g/mol. The van der Waals surface area contributed by atoms with E-state index in [-0.39, 0.29) is 29.7 Å². The third kappa shape index (κ3) is 6.03. The Kier molecular flexibility index (Phi) is 9.61. The molecule has 1 aliphatic heterocycles. The molecule has 2 aromatic carbocycles. The largest absolute Gasteiger partial charge is 0.495 e. The number of methoxy groups -OCH3 is 1. The summed E-state index contributed by atoms with van der Waals surface area (Å²) in [5, 5.41) is 0. The maximum absolute atomic E-state index is 12.6. The molecule has 28 heavy (non-hydrogen) atoms. The summed E-state index contributed by atoms with van der Waals surface area (Å²) in [7, 11) is 0.0999. The number of hydrogen-bond donors (Lipinski definition) is 1. The molecule has 3 rings (SSSR count). The lowest BCUT2D eigenvalue weighted by Gasteiger charge is -2.35. The standard InChI is InChI=1S/C18H22IN3O3S.2ClH/c1-21-9-11-22(12-10-21)17-13-15(5-8-18(17)25-2)20-26(23,24)16-6-3-14(19)4-7-16;;/h3-8,13,20H,9-12H2,1-2H3;2*1H. The Balaban J connectivity index is 0.00000196. The molecule has 1 saturated heterocycles. The summed E-state index contributed by atoms with van der Waals surface area (Å²) in [5.74, 6) is 0.742. The van der Waals surface area contributed by atoms with Crippen molar-refractivity contribution < 1.29 is 13.2 Å². The minimum absolute atomic E-state index is 0. The molecule has 1 fully saturated rings.